The van der Waals surface area contributed by atoms with Crippen LogP contribution in [0.5, 0.6) is 0 Å². The fraction of sp³-hybridized carbons (Fsp3) is 0.556. The summed E-state index contributed by atoms with van der Waals surface area (Å²) < 4.78 is 5.27. The number of nitrogens with zero attached hydrogens (tertiary/aromatic N) is 1. The van der Waals surface area contributed by atoms with Crippen LogP contribution in [0.25, 0.3) is 0 Å². The summed E-state index contributed by atoms with van der Waals surface area (Å²) >= 11 is 0. The first-order chi connectivity index (χ1) is 10.4. The van der Waals surface area contributed by atoms with Crippen LogP contribution in [0.15, 0.2) is 24.3 Å². The van der Waals surface area contributed by atoms with E-state index in [1.165, 1.54) is 5.56 Å². The minimum atomic E-state index is -0.593. The van der Waals surface area contributed by atoms with Crippen LogP contribution in [0.2, 0.25) is 0 Å². The number of amides is 1. The van der Waals surface area contributed by atoms with Crippen LogP contribution < -0.4 is 5.32 Å². The lowest BCUT2D eigenvalue weighted by molar-refractivity contribution is -0.128. The second kappa shape index (κ2) is 6.93. The molecule has 2 rings (SSSR count). The summed E-state index contributed by atoms with van der Waals surface area (Å²) in [5.74, 6) is -0.0896. The van der Waals surface area contributed by atoms with Gasteiger partial charge in [-0.05, 0) is 29.4 Å². The zero-order chi connectivity index (χ0) is 16.2. The van der Waals surface area contributed by atoms with Gasteiger partial charge < -0.3 is 10.1 Å². The second-order valence-corrected chi connectivity index (χ2v) is 6.83. The molecule has 1 N–H and O–H groups in total. The van der Waals surface area contributed by atoms with Crippen molar-refractivity contribution >= 4 is 5.91 Å². The molecule has 1 aromatic rings. The average molecular weight is 300 g/mol. The molecule has 1 saturated heterocycles. The Bertz CT molecular complexity index is 546. The van der Waals surface area contributed by atoms with Gasteiger partial charge in [-0.15, -0.1) is 0 Å². The predicted molar refractivity (Wildman–Crippen MR) is 85.2 cm³/mol. The molecular weight excluding hydrogens is 276 g/mol. The zero-order valence-corrected chi connectivity index (χ0v) is 13.6. The van der Waals surface area contributed by atoms with Crippen LogP contribution in [0.4, 0.5) is 0 Å². The maximum absolute atomic E-state index is 12.2. The molecule has 4 nitrogen and oxygen atoms in total. The Morgan fingerprint density at radius 2 is 1.86 bits per heavy atom. The molecule has 0 aromatic heterocycles. The summed E-state index contributed by atoms with van der Waals surface area (Å²) in [4.78, 5) is 12.2. The normalized spacial score (nSPS) is 17.5. The van der Waals surface area contributed by atoms with Crippen molar-refractivity contribution in [2.45, 2.75) is 45.1 Å². The molecule has 1 aliphatic heterocycles. The highest BCUT2D eigenvalue weighted by molar-refractivity contribution is 5.79. The minimum Gasteiger partial charge on any atom is -0.381 e. The molecule has 0 saturated carbocycles. The molecule has 0 aliphatic carbocycles. The van der Waals surface area contributed by atoms with Gasteiger partial charge in [0, 0.05) is 19.1 Å². The maximum atomic E-state index is 12.2. The number of carbonyl (C=O) groups excluding carboxylic acids is 1. The standard InChI is InChI=1S/C18H24N2O2/c1-18(2,3)15-6-4-13(5-7-15)16(12-19)20-17(21)14-8-10-22-11-9-14/h4-7,14,16H,8-11H2,1-3H3,(H,20,21). The van der Waals surface area contributed by atoms with Gasteiger partial charge in [-0.3, -0.25) is 4.79 Å². The fourth-order valence-electron chi connectivity index (χ4n) is 2.59. The summed E-state index contributed by atoms with van der Waals surface area (Å²) in [6, 6.07) is 9.50. The van der Waals surface area contributed by atoms with E-state index in [-0.39, 0.29) is 17.2 Å². The molecular formula is C18H24N2O2. The number of nitrogens with one attached hydrogen (secondary N) is 1. The van der Waals surface area contributed by atoms with Crippen molar-refractivity contribution in [1.29, 1.82) is 5.26 Å². The number of carbonyl (C=O) groups is 1. The molecule has 1 aliphatic rings. The van der Waals surface area contributed by atoms with E-state index >= 15 is 0 Å². The van der Waals surface area contributed by atoms with E-state index < -0.39 is 6.04 Å². The first-order valence-corrected chi connectivity index (χ1v) is 7.80. The van der Waals surface area contributed by atoms with Gasteiger partial charge in [0.15, 0.2) is 0 Å². The predicted octanol–water partition coefficient (Wildman–Crippen LogP) is 3.09. The summed E-state index contributed by atoms with van der Waals surface area (Å²) in [6.45, 7) is 7.69. The fourth-order valence-corrected chi connectivity index (χ4v) is 2.59. The van der Waals surface area contributed by atoms with Crippen molar-refractivity contribution in [3.05, 3.63) is 35.4 Å². The maximum Gasteiger partial charge on any atom is 0.224 e. The second-order valence-electron chi connectivity index (χ2n) is 6.83. The first-order valence-electron chi connectivity index (χ1n) is 7.80. The summed E-state index contributed by atoms with van der Waals surface area (Å²) in [7, 11) is 0. The lowest BCUT2D eigenvalue weighted by Gasteiger charge is -2.23. The Balaban J connectivity index is 2.05. The number of nitriles is 1. The van der Waals surface area contributed by atoms with Crippen molar-refractivity contribution in [3.63, 3.8) is 0 Å². The van der Waals surface area contributed by atoms with Gasteiger partial charge in [0.05, 0.1) is 6.07 Å². The van der Waals surface area contributed by atoms with Crippen molar-refractivity contribution in [1.82, 2.24) is 5.32 Å². The van der Waals surface area contributed by atoms with Gasteiger partial charge in [-0.2, -0.15) is 5.26 Å². The molecule has 4 heteroatoms. The van der Waals surface area contributed by atoms with Gasteiger partial charge in [-0.25, -0.2) is 0 Å². The highest BCUT2D eigenvalue weighted by Gasteiger charge is 2.24. The molecule has 1 atom stereocenters. The number of hydrogen-bond acceptors (Lipinski definition) is 3. The Hall–Kier alpha value is -1.86. The van der Waals surface area contributed by atoms with Crippen LogP contribution in [-0.4, -0.2) is 19.1 Å². The van der Waals surface area contributed by atoms with Crippen molar-refractivity contribution < 1.29 is 9.53 Å². The lowest BCUT2D eigenvalue weighted by Crippen LogP contribution is -2.36. The van der Waals surface area contributed by atoms with Gasteiger partial charge >= 0.3 is 0 Å². The quantitative estimate of drug-likeness (QED) is 0.933. The number of rotatable bonds is 3. The van der Waals surface area contributed by atoms with Crippen LogP contribution in [0.3, 0.4) is 0 Å². The van der Waals surface area contributed by atoms with Crippen LogP contribution in [0, 0.1) is 17.2 Å². The molecule has 1 aromatic carbocycles. The lowest BCUT2D eigenvalue weighted by atomic mass is 9.86. The Morgan fingerprint density at radius 3 is 2.36 bits per heavy atom. The van der Waals surface area contributed by atoms with Gasteiger partial charge in [0.1, 0.15) is 6.04 Å². The number of ether oxygens (including phenoxy) is 1. The van der Waals surface area contributed by atoms with E-state index in [4.69, 9.17) is 4.74 Å². The smallest absolute Gasteiger partial charge is 0.224 e. The number of hydrogen-bond donors (Lipinski definition) is 1. The summed E-state index contributed by atoms with van der Waals surface area (Å²) in [6.07, 6.45) is 1.46. The van der Waals surface area contributed by atoms with Crippen LogP contribution in [0.1, 0.15) is 50.8 Å². The number of benzene rings is 1. The van der Waals surface area contributed by atoms with Crippen LogP contribution >= 0.6 is 0 Å². The molecule has 22 heavy (non-hydrogen) atoms. The molecule has 0 radical (unpaired) electrons. The Kier molecular flexibility index (Phi) is 5.20. The summed E-state index contributed by atoms with van der Waals surface area (Å²) in [5, 5.41) is 12.2. The molecule has 1 fully saturated rings. The third kappa shape index (κ3) is 4.08. The van der Waals surface area contributed by atoms with E-state index in [9.17, 15) is 10.1 Å². The van der Waals surface area contributed by atoms with Gasteiger partial charge in [0.2, 0.25) is 5.91 Å². The first kappa shape index (κ1) is 16.5. The highest BCUT2D eigenvalue weighted by Crippen LogP contribution is 2.24. The molecule has 1 heterocycles. The largest absolute Gasteiger partial charge is 0.381 e. The third-order valence-electron chi connectivity index (χ3n) is 4.12. The molecule has 0 spiro atoms. The van der Waals surface area contributed by atoms with Crippen molar-refractivity contribution in [2.24, 2.45) is 5.92 Å². The SMILES string of the molecule is CC(C)(C)c1ccc(C(C#N)NC(=O)C2CCOCC2)cc1. The van der Waals surface area contributed by atoms with E-state index in [1.54, 1.807) is 0 Å². The Morgan fingerprint density at radius 1 is 1.27 bits per heavy atom. The molecule has 1 amide bonds. The van der Waals surface area contributed by atoms with Gasteiger partial charge in [0.25, 0.3) is 0 Å². The van der Waals surface area contributed by atoms with E-state index in [0.717, 1.165) is 18.4 Å². The molecule has 1 unspecified atom stereocenters. The topological polar surface area (TPSA) is 62.1 Å². The highest BCUT2D eigenvalue weighted by atomic mass is 16.5. The summed E-state index contributed by atoms with van der Waals surface area (Å²) in [5.41, 5.74) is 2.12. The van der Waals surface area contributed by atoms with E-state index in [1.807, 2.05) is 24.3 Å². The zero-order valence-electron chi connectivity index (χ0n) is 13.6. The monoisotopic (exact) mass is 300 g/mol. The molecule has 0 bridgehead atoms. The van der Waals surface area contributed by atoms with Gasteiger partial charge in [-0.1, -0.05) is 45.0 Å². The van der Waals surface area contributed by atoms with Crippen molar-refractivity contribution in [2.75, 3.05) is 13.2 Å². The van der Waals surface area contributed by atoms with Crippen LogP contribution in [-0.2, 0) is 14.9 Å². The Labute approximate surface area is 132 Å². The molecule has 118 valence electrons. The van der Waals surface area contributed by atoms with Crippen molar-refractivity contribution in [3.8, 4) is 6.07 Å². The minimum absolute atomic E-state index is 0.0431. The average Bonchev–Trinajstić information content (AvgIpc) is 2.52. The van der Waals surface area contributed by atoms with E-state index in [2.05, 4.69) is 32.2 Å². The third-order valence-corrected chi connectivity index (χ3v) is 4.12. The van der Waals surface area contributed by atoms with E-state index in [0.29, 0.717) is 13.2 Å².